The molecule has 1 fully saturated rings. The first-order valence-corrected chi connectivity index (χ1v) is 6.12. The Kier molecular flexibility index (Phi) is 3.99. The van der Waals surface area contributed by atoms with E-state index in [1.165, 1.54) is 0 Å². The summed E-state index contributed by atoms with van der Waals surface area (Å²) in [5.41, 5.74) is 5.39. The normalized spacial score (nSPS) is 17.9. The predicted octanol–water partition coefficient (Wildman–Crippen LogP) is 2.26. The summed E-state index contributed by atoms with van der Waals surface area (Å²) >= 11 is 0. The molecule has 1 aromatic carbocycles. The Morgan fingerprint density at radius 1 is 1.47 bits per heavy atom. The second-order valence-corrected chi connectivity index (χ2v) is 4.69. The number of halogens is 2. The third-order valence-electron chi connectivity index (χ3n) is 3.43. The van der Waals surface area contributed by atoms with Crippen molar-refractivity contribution in [2.45, 2.75) is 24.9 Å². The summed E-state index contributed by atoms with van der Waals surface area (Å²) in [5.74, 6) is -1.07. The fraction of sp³-hybridized carbons (Fsp3) is 0.462. The molecule has 0 aromatic heterocycles. The van der Waals surface area contributed by atoms with Gasteiger partial charge in [-0.25, -0.2) is 8.78 Å². The molecule has 0 unspecified atom stereocenters. The van der Waals surface area contributed by atoms with Crippen LogP contribution in [0.25, 0.3) is 0 Å². The van der Waals surface area contributed by atoms with Crippen molar-refractivity contribution in [1.82, 2.24) is 0 Å². The van der Waals surface area contributed by atoms with Crippen LogP contribution in [0.1, 0.15) is 19.3 Å². The molecule has 0 saturated heterocycles. The summed E-state index contributed by atoms with van der Waals surface area (Å²) in [6, 6.07) is 3.11. The number of aliphatic imine (C=N–C) groups is 1. The highest BCUT2D eigenvalue weighted by molar-refractivity contribution is 5.92. The Hall–Kier alpha value is -1.69. The molecule has 0 spiro atoms. The molecule has 3 N–H and O–H groups in total. The molecule has 1 aromatic rings. The molecule has 0 radical (unpaired) electrons. The first-order chi connectivity index (χ1) is 9.04. The summed E-state index contributed by atoms with van der Waals surface area (Å²) in [4.78, 5) is 4.12. The third kappa shape index (κ3) is 3.20. The van der Waals surface area contributed by atoms with Gasteiger partial charge in [-0.05, 0) is 31.4 Å². The number of methoxy groups -OCH3 is 1. The second-order valence-electron chi connectivity index (χ2n) is 4.69. The van der Waals surface area contributed by atoms with Gasteiger partial charge in [0.2, 0.25) is 0 Å². The van der Waals surface area contributed by atoms with E-state index < -0.39 is 11.6 Å². The van der Waals surface area contributed by atoms with E-state index in [0.717, 1.165) is 37.5 Å². The number of benzene rings is 1. The smallest absolute Gasteiger partial charge is 0.193 e. The van der Waals surface area contributed by atoms with Gasteiger partial charge in [-0.1, -0.05) is 0 Å². The van der Waals surface area contributed by atoms with E-state index in [0.29, 0.717) is 6.54 Å². The summed E-state index contributed by atoms with van der Waals surface area (Å²) in [5, 5.41) is 2.55. The van der Waals surface area contributed by atoms with Crippen molar-refractivity contribution >= 4 is 11.6 Å². The lowest BCUT2D eigenvalue weighted by atomic mass is 9.80. The molecule has 2 rings (SSSR count). The van der Waals surface area contributed by atoms with Crippen molar-refractivity contribution < 1.29 is 13.5 Å². The Labute approximate surface area is 110 Å². The monoisotopic (exact) mass is 269 g/mol. The zero-order chi connectivity index (χ0) is 13.9. The lowest BCUT2D eigenvalue weighted by molar-refractivity contribution is -0.0629. The molecule has 4 nitrogen and oxygen atoms in total. The zero-order valence-electron chi connectivity index (χ0n) is 10.7. The molecule has 0 atom stereocenters. The van der Waals surface area contributed by atoms with E-state index in [1.54, 1.807) is 7.11 Å². The molecule has 0 aliphatic heterocycles. The Morgan fingerprint density at radius 3 is 2.79 bits per heavy atom. The largest absolute Gasteiger partial charge is 0.376 e. The number of anilines is 1. The molecule has 104 valence electrons. The van der Waals surface area contributed by atoms with Gasteiger partial charge in [0.05, 0.1) is 17.8 Å². The number of nitrogens with two attached hydrogens (primary N) is 1. The van der Waals surface area contributed by atoms with Crippen LogP contribution in [-0.4, -0.2) is 25.2 Å². The average Bonchev–Trinajstić information content (AvgIpc) is 2.33. The molecule has 6 heteroatoms. The van der Waals surface area contributed by atoms with E-state index in [2.05, 4.69) is 10.3 Å². The number of hydrogen-bond acceptors (Lipinski definition) is 2. The van der Waals surface area contributed by atoms with E-state index in [-0.39, 0.29) is 17.2 Å². The molecular weight excluding hydrogens is 252 g/mol. The van der Waals surface area contributed by atoms with Gasteiger partial charge >= 0.3 is 0 Å². The number of guanidine groups is 1. The first-order valence-electron chi connectivity index (χ1n) is 6.12. The van der Waals surface area contributed by atoms with Crippen molar-refractivity contribution in [2.75, 3.05) is 19.0 Å². The van der Waals surface area contributed by atoms with E-state index in [9.17, 15) is 8.78 Å². The Balaban J connectivity index is 2.00. The molecule has 0 heterocycles. The van der Waals surface area contributed by atoms with Gasteiger partial charge in [0.1, 0.15) is 11.6 Å². The van der Waals surface area contributed by atoms with Gasteiger partial charge in [0.25, 0.3) is 0 Å². The number of rotatable bonds is 4. The lowest BCUT2D eigenvalue weighted by Crippen LogP contribution is -2.43. The van der Waals surface area contributed by atoms with Crippen LogP contribution in [0.4, 0.5) is 14.5 Å². The van der Waals surface area contributed by atoms with Crippen LogP contribution in [0, 0.1) is 11.6 Å². The number of nitrogens with zero attached hydrogens (tertiary/aromatic N) is 1. The highest BCUT2D eigenvalue weighted by Crippen LogP contribution is 2.35. The van der Waals surface area contributed by atoms with E-state index in [4.69, 9.17) is 10.5 Å². The van der Waals surface area contributed by atoms with Crippen LogP contribution in [0.2, 0.25) is 0 Å². The number of hydrogen-bond donors (Lipinski definition) is 2. The minimum atomic E-state index is -0.579. The van der Waals surface area contributed by atoms with Crippen molar-refractivity contribution in [3.63, 3.8) is 0 Å². The first kappa shape index (κ1) is 13.7. The van der Waals surface area contributed by atoms with Crippen molar-refractivity contribution in [3.05, 3.63) is 29.8 Å². The highest BCUT2D eigenvalue weighted by atomic mass is 19.1. The van der Waals surface area contributed by atoms with Crippen molar-refractivity contribution in [3.8, 4) is 0 Å². The SMILES string of the molecule is COC1(CN=C(N)Nc2cc(F)ccc2F)CCC1. The second kappa shape index (κ2) is 5.52. The minimum Gasteiger partial charge on any atom is -0.376 e. The molecule has 1 aliphatic carbocycles. The molecule has 19 heavy (non-hydrogen) atoms. The van der Waals surface area contributed by atoms with Gasteiger partial charge in [-0.2, -0.15) is 0 Å². The van der Waals surface area contributed by atoms with Crippen LogP contribution in [0.3, 0.4) is 0 Å². The molecular formula is C13H17F2N3O. The van der Waals surface area contributed by atoms with Crippen molar-refractivity contribution in [2.24, 2.45) is 10.7 Å². The van der Waals surface area contributed by atoms with Gasteiger partial charge < -0.3 is 15.8 Å². The van der Waals surface area contributed by atoms with Gasteiger partial charge in [-0.15, -0.1) is 0 Å². The van der Waals surface area contributed by atoms with Crippen LogP contribution in [0.15, 0.2) is 23.2 Å². The summed E-state index contributed by atoms with van der Waals surface area (Å²) < 4.78 is 31.8. The average molecular weight is 269 g/mol. The minimum absolute atomic E-state index is 0.0265. The maximum Gasteiger partial charge on any atom is 0.193 e. The van der Waals surface area contributed by atoms with Crippen molar-refractivity contribution in [1.29, 1.82) is 0 Å². The van der Waals surface area contributed by atoms with Crippen LogP contribution >= 0.6 is 0 Å². The van der Waals surface area contributed by atoms with Crippen LogP contribution in [0.5, 0.6) is 0 Å². The summed E-state index contributed by atoms with van der Waals surface area (Å²) in [7, 11) is 1.64. The van der Waals surface area contributed by atoms with Gasteiger partial charge in [-0.3, -0.25) is 4.99 Å². The molecule has 0 bridgehead atoms. The zero-order valence-corrected chi connectivity index (χ0v) is 10.7. The van der Waals surface area contributed by atoms with Gasteiger partial charge in [0.15, 0.2) is 5.96 Å². The van der Waals surface area contributed by atoms with E-state index >= 15 is 0 Å². The Bertz CT molecular complexity index is 481. The lowest BCUT2D eigenvalue weighted by Gasteiger charge is -2.39. The standard InChI is InChI=1S/C13H17F2N3O/c1-19-13(5-2-6-13)8-17-12(16)18-11-7-9(14)3-4-10(11)15/h3-4,7H,2,5-6,8H2,1H3,(H3,16,17,18). The number of ether oxygens (including phenoxy) is 1. The Morgan fingerprint density at radius 2 is 2.21 bits per heavy atom. The van der Waals surface area contributed by atoms with E-state index in [1.807, 2.05) is 0 Å². The highest BCUT2D eigenvalue weighted by Gasteiger charge is 2.36. The predicted molar refractivity (Wildman–Crippen MR) is 70.1 cm³/mol. The topological polar surface area (TPSA) is 59.6 Å². The fourth-order valence-corrected chi connectivity index (χ4v) is 2.00. The van der Waals surface area contributed by atoms with Gasteiger partial charge in [0, 0.05) is 13.2 Å². The number of nitrogens with one attached hydrogen (secondary N) is 1. The summed E-state index contributed by atoms with van der Waals surface area (Å²) in [6.45, 7) is 0.416. The maximum atomic E-state index is 13.4. The maximum absolute atomic E-state index is 13.4. The fourth-order valence-electron chi connectivity index (χ4n) is 2.00. The molecule has 0 amide bonds. The summed E-state index contributed by atoms with van der Waals surface area (Å²) in [6.07, 6.45) is 2.98. The quantitative estimate of drug-likeness (QED) is 0.651. The van der Waals surface area contributed by atoms with Crippen LogP contribution < -0.4 is 11.1 Å². The molecule has 1 saturated carbocycles. The third-order valence-corrected chi connectivity index (χ3v) is 3.43. The van der Waals surface area contributed by atoms with Crippen LogP contribution in [-0.2, 0) is 4.74 Å². The molecule has 1 aliphatic rings.